The minimum absolute atomic E-state index is 0.0420. The van der Waals surface area contributed by atoms with E-state index in [1.54, 1.807) is 68.4 Å². The molecule has 21 heteroatoms. The predicted molar refractivity (Wildman–Crippen MR) is 319 cm³/mol. The standard InChI is InChI=1S/C64H87N7O14/c1-40(2)35-49-58(76)67-47(36-43-21-14-13-15-22-43)61(79)70(10)56(41(3)4)59(77)65-42(5)60(78)68(8)33-18-17-26-55(74)84-39-64(6,7)57(75)62(80)71-34-19-16-25-48(71)63(81)85-50(29-27-44-28-30-51(82-11)52(37-44)83-12)45-23-20-24-46(38-45)66-53(72)31-32-54(73)69(49)9/h13-15,17,20-24,26,28,30,37-38,40-42,47-50,56H,16,18-19,25,27,29,31-36,39H2,1-12H3,(H,65,77)(H,66,72)(H,67,76)/t42-,47-,48+,49+,50-,56+/m1/s1. The van der Waals surface area contributed by atoms with Crippen LogP contribution in [0, 0.1) is 17.3 Å². The number of piperidine rings is 1. The van der Waals surface area contributed by atoms with Crippen molar-refractivity contribution in [1.29, 1.82) is 0 Å². The lowest BCUT2D eigenvalue weighted by Gasteiger charge is -2.36. The van der Waals surface area contributed by atoms with Crippen LogP contribution in [0.2, 0.25) is 0 Å². The smallest absolute Gasteiger partial charge is 0.330 e. The SMILES string of the molecule is COc1ccc(CC[C@H]2OC(=O)[C@@H]3CCCCN3C(=O)C(=O)C(C)(C)COC(=O)C=CCCN(C)C(=O)[C@@H](C)NC(=O)[C@H](C(C)C)N(C)C(=O)[C@@H](Cc3ccccc3)NC(=O)[C@H](CC(C)C)N(C)C(=O)CCC(=O)Nc3cccc2c3)cc1OC. The molecule has 2 aliphatic rings. The molecular weight excluding hydrogens is 1090 g/mol. The summed E-state index contributed by atoms with van der Waals surface area (Å²) in [7, 11) is 7.52. The first-order valence-electron chi connectivity index (χ1n) is 29.2. The summed E-state index contributed by atoms with van der Waals surface area (Å²) in [5.74, 6) is -6.17. The molecule has 0 spiro atoms. The van der Waals surface area contributed by atoms with Crippen LogP contribution in [0.4, 0.5) is 5.69 Å². The number of Topliss-reactive ketones (excluding diaryl/α,β-unsaturated/α-hetero) is 1. The van der Waals surface area contributed by atoms with Gasteiger partial charge < -0.3 is 54.5 Å². The highest BCUT2D eigenvalue weighted by Crippen LogP contribution is 2.33. The van der Waals surface area contributed by atoms with Crippen molar-refractivity contribution < 1.29 is 66.9 Å². The number of carbonyl (C=O) groups is 10. The highest BCUT2D eigenvalue weighted by molar-refractivity contribution is 6.38. The van der Waals surface area contributed by atoms with Gasteiger partial charge in [0.05, 0.1) is 19.6 Å². The Bertz CT molecular complexity index is 2890. The lowest BCUT2D eigenvalue weighted by molar-refractivity contribution is -0.165. The molecule has 3 aromatic rings. The fourth-order valence-electron chi connectivity index (χ4n) is 10.4. The summed E-state index contributed by atoms with van der Waals surface area (Å²) in [6.45, 7) is 11.5. The third-order valence-corrected chi connectivity index (χ3v) is 15.3. The fraction of sp³-hybridized carbons (Fsp3) is 0.531. The molecule has 3 N–H and O–H groups in total. The third kappa shape index (κ3) is 19.2. The van der Waals surface area contributed by atoms with Crippen molar-refractivity contribution in [1.82, 2.24) is 30.2 Å². The number of anilines is 1. The lowest BCUT2D eigenvalue weighted by atomic mass is 9.87. The number of nitrogens with zero attached hydrogens (tertiary/aromatic N) is 4. The number of benzene rings is 3. The molecule has 462 valence electrons. The average molecular weight is 1180 g/mol. The molecule has 3 aromatic carbocycles. The van der Waals surface area contributed by atoms with E-state index < -0.39 is 113 Å². The Morgan fingerprint density at radius 3 is 2.12 bits per heavy atom. The molecule has 5 rings (SSSR count). The number of ether oxygens (including phenoxy) is 4. The Morgan fingerprint density at radius 1 is 0.741 bits per heavy atom. The van der Waals surface area contributed by atoms with E-state index in [2.05, 4.69) is 16.0 Å². The van der Waals surface area contributed by atoms with E-state index >= 15 is 0 Å². The maximum atomic E-state index is 14.7. The molecule has 0 unspecified atom stereocenters. The van der Waals surface area contributed by atoms with Gasteiger partial charge in [-0.05, 0) is 119 Å². The van der Waals surface area contributed by atoms with Gasteiger partial charge in [-0.3, -0.25) is 38.4 Å². The summed E-state index contributed by atoms with van der Waals surface area (Å²) in [5.41, 5.74) is 0.884. The Labute approximate surface area is 499 Å². The van der Waals surface area contributed by atoms with Gasteiger partial charge in [0.25, 0.3) is 5.91 Å². The monoisotopic (exact) mass is 1180 g/mol. The molecule has 1 saturated heterocycles. The molecular formula is C64H87N7O14. The van der Waals surface area contributed by atoms with Crippen molar-refractivity contribution in [2.75, 3.05) is 60.4 Å². The number of hydrogen-bond acceptors (Lipinski definition) is 14. The first kappa shape index (κ1) is 67.7. The second-order valence-electron chi connectivity index (χ2n) is 23.4. The Kier molecular flexibility index (Phi) is 25.2. The maximum Gasteiger partial charge on any atom is 0.330 e. The number of aryl methyl sites for hydroxylation is 1. The second kappa shape index (κ2) is 31.7. The molecule has 0 aromatic heterocycles. The van der Waals surface area contributed by atoms with E-state index in [9.17, 15) is 47.9 Å². The molecule has 2 bridgehead atoms. The molecule has 0 aliphatic carbocycles. The summed E-state index contributed by atoms with van der Waals surface area (Å²) in [6.07, 6.45) is 3.51. The fourth-order valence-corrected chi connectivity index (χ4v) is 10.4. The summed E-state index contributed by atoms with van der Waals surface area (Å²) >= 11 is 0. The van der Waals surface area contributed by atoms with Gasteiger partial charge in [0.1, 0.15) is 42.9 Å². The largest absolute Gasteiger partial charge is 0.493 e. The van der Waals surface area contributed by atoms with E-state index in [0.29, 0.717) is 42.0 Å². The Morgan fingerprint density at radius 2 is 1.45 bits per heavy atom. The second-order valence-corrected chi connectivity index (χ2v) is 23.4. The van der Waals surface area contributed by atoms with E-state index in [0.717, 1.165) is 17.2 Å². The van der Waals surface area contributed by atoms with E-state index in [4.69, 9.17) is 18.9 Å². The molecule has 1 fully saturated rings. The van der Waals surface area contributed by atoms with Crippen LogP contribution in [0.15, 0.2) is 84.9 Å². The van der Waals surface area contributed by atoms with Crippen molar-refractivity contribution in [2.45, 2.75) is 149 Å². The predicted octanol–water partition coefficient (Wildman–Crippen LogP) is 6.17. The summed E-state index contributed by atoms with van der Waals surface area (Å²) < 4.78 is 22.7. The number of cyclic esters (lactones) is 2. The van der Waals surface area contributed by atoms with Gasteiger partial charge in [0.15, 0.2) is 11.5 Å². The van der Waals surface area contributed by atoms with Crippen LogP contribution >= 0.6 is 0 Å². The maximum absolute atomic E-state index is 14.7. The summed E-state index contributed by atoms with van der Waals surface area (Å²) in [5, 5.41) is 8.52. The molecule has 6 atom stereocenters. The Balaban J connectivity index is 1.48. The van der Waals surface area contributed by atoms with Crippen LogP contribution in [0.3, 0.4) is 0 Å². The molecule has 7 amide bonds. The number of fused-ring (bicyclic) bond motifs is 3. The third-order valence-electron chi connectivity index (χ3n) is 15.3. The quantitative estimate of drug-likeness (QED) is 0.152. The lowest BCUT2D eigenvalue weighted by Crippen LogP contribution is -2.60. The number of ketones is 1. The minimum Gasteiger partial charge on any atom is -0.493 e. The molecule has 2 heterocycles. The van der Waals surface area contributed by atoms with Gasteiger partial charge in [0, 0.05) is 65.3 Å². The van der Waals surface area contributed by atoms with Crippen molar-refractivity contribution in [2.24, 2.45) is 17.3 Å². The number of methoxy groups -OCH3 is 2. The highest BCUT2D eigenvalue weighted by atomic mass is 16.5. The average Bonchev–Trinajstić information content (AvgIpc) is 3.65. The normalized spacial score (nSPS) is 23.0. The van der Waals surface area contributed by atoms with E-state index in [1.165, 1.54) is 81.8 Å². The zero-order valence-electron chi connectivity index (χ0n) is 51.4. The van der Waals surface area contributed by atoms with Crippen molar-refractivity contribution in [3.63, 3.8) is 0 Å². The first-order chi connectivity index (χ1) is 40.3. The van der Waals surface area contributed by atoms with Crippen molar-refractivity contribution in [3.05, 3.63) is 102 Å². The van der Waals surface area contributed by atoms with Gasteiger partial charge in [-0.1, -0.05) is 82.3 Å². The van der Waals surface area contributed by atoms with E-state index in [-0.39, 0.29) is 64.0 Å². The highest BCUT2D eigenvalue weighted by Gasteiger charge is 2.43. The van der Waals surface area contributed by atoms with Crippen LogP contribution in [-0.2, 0) is 70.3 Å². The zero-order valence-corrected chi connectivity index (χ0v) is 51.4. The number of amides is 7. The van der Waals surface area contributed by atoms with E-state index in [1.807, 2.05) is 32.0 Å². The van der Waals surface area contributed by atoms with Gasteiger partial charge in [-0.2, -0.15) is 0 Å². The van der Waals surface area contributed by atoms with Gasteiger partial charge in [-0.25, -0.2) is 9.59 Å². The topological polar surface area (TPSA) is 257 Å². The van der Waals surface area contributed by atoms with Crippen LogP contribution in [-0.4, -0.2) is 164 Å². The van der Waals surface area contributed by atoms with Crippen LogP contribution < -0.4 is 25.4 Å². The van der Waals surface area contributed by atoms with Crippen LogP contribution in [0.25, 0.3) is 0 Å². The number of nitrogens with one attached hydrogen (secondary N) is 3. The molecule has 0 radical (unpaired) electrons. The number of likely N-dealkylation sites (N-methyl/N-ethyl adjacent to an activating group) is 3. The number of rotatable bonds is 10. The number of carbonyl (C=O) groups excluding carboxylic acids is 10. The molecule has 21 nitrogen and oxygen atoms in total. The van der Waals surface area contributed by atoms with Crippen LogP contribution in [0.5, 0.6) is 11.5 Å². The van der Waals surface area contributed by atoms with Gasteiger partial charge in [-0.15, -0.1) is 0 Å². The number of esters is 2. The van der Waals surface area contributed by atoms with Gasteiger partial charge in [0.2, 0.25) is 41.2 Å². The number of hydrogen-bond donors (Lipinski definition) is 3. The molecule has 0 saturated carbocycles. The first-order valence-corrected chi connectivity index (χ1v) is 29.2. The van der Waals surface area contributed by atoms with Crippen LogP contribution in [0.1, 0.15) is 123 Å². The molecule has 2 aliphatic heterocycles. The minimum atomic E-state index is -1.50. The van der Waals surface area contributed by atoms with Gasteiger partial charge >= 0.3 is 11.9 Å². The molecule has 85 heavy (non-hydrogen) atoms. The summed E-state index contributed by atoms with van der Waals surface area (Å²) in [4.78, 5) is 145. The summed E-state index contributed by atoms with van der Waals surface area (Å²) in [6, 6.07) is 15.7. The zero-order chi connectivity index (χ0) is 62.7. The van der Waals surface area contributed by atoms with Crippen molar-refractivity contribution in [3.8, 4) is 11.5 Å². The Hall–Kier alpha value is -8.10. The van der Waals surface area contributed by atoms with Crippen molar-refractivity contribution >= 4 is 64.8 Å².